The van der Waals surface area contributed by atoms with Gasteiger partial charge in [-0.3, -0.25) is 9.59 Å². The fourth-order valence-corrected chi connectivity index (χ4v) is 3.60. The average molecular weight is 429 g/mol. The molecule has 0 spiro atoms. The van der Waals surface area contributed by atoms with Crippen LogP contribution in [0.5, 0.6) is 0 Å². The van der Waals surface area contributed by atoms with Crippen molar-refractivity contribution in [1.82, 2.24) is 10.1 Å². The van der Waals surface area contributed by atoms with Gasteiger partial charge < -0.3 is 14.7 Å². The van der Waals surface area contributed by atoms with Gasteiger partial charge in [-0.2, -0.15) is 13.2 Å². The second-order valence-corrected chi connectivity index (χ2v) is 7.35. The Hall–Kier alpha value is -2.49. The van der Waals surface area contributed by atoms with Crippen LogP contribution in [0, 0.1) is 13.8 Å². The summed E-state index contributed by atoms with van der Waals surface area (Å²) in [5.41, 5.74) is 2.70. The molecule has 1 heterocycles. The maximum Gasteiger partial charge on any atom is 0.471 e. The molecule has 2 amide bonds. The van der Waals surface area contributed by atoms with E-state index in [9.17, 15) is 22.8 Å². The number of alkyl halides is 3. The van der Waals surface area contributed by atoms with Gasteiger partial charge in [-0.25, -0.2) is 0 Å². The van der Waals surface area contributed by atoms with Crippen molar-refractivity contribution in [2.45, 2.75) is 39.2 Å². The largest absolute Gasteiger partial charge is 0.471 e. The normalized spacial score (nSPS) is 11.4. The molecule has 2 aromatic rings. The van der Waals surface area contributed by atoms with E-state index in [1.54, 1.807) is 24.3 Å². The van der Waals surface area contributed by atoms with E-state index < -0.39 is 12.1 Å². The highest BCUT2D eigenvalue weighted by atomic mass is 32.2. The van der Waals surface area contributed by atoms with Crippen LogP contribution in [0.1, 0.15) is 29.5 Å². The Balaban J connectivity index is 1.91. The molecule has 0 radical (unpaired) electrons. The first-order valence-electron chi connectivity index (χ1n) is 8.86. The van der Waals surface area contributed by atoms with Gasteiger partial charge in [0.05, 0.1) is 11.4 Å². The predicted molar refractivity (Wildman–Crippen MR) is 104 cm³/mol. The van der Waals surface area contributed by atoms with Gasteiger partial charge in [-0.05, 0) is 38.5 Å². The second-order valence-electron chi connectivity index (χ2n) is 6.36. The second kappa shape index (κ2) is 9.82. The predicted octanol–water partition coefficient (Wildman–Crippen LogP) is 4.07. The zero-order chi connectivity index (χ0) is 21.6. The number of hydrogen-bond donors (Lipinski definition) is 1. The smallest absolute Gasteiger partial charge is 0.361 e. The Labute approximate surface area is 170 Å². The van der Waals surface area contributed by atoms with Gasteiger partial charge >= 0.3 is 12.1 Å². The van der Waals surface area contributed by atoms with Gasteiger partial charge in [0.2, 0.25) is 5.91 Å². The molecule has 0 fully saturated rings. The van der Waals surface area contributed by atoms with Crippen LogP contribution < -0.4 is 5.32 Å². The topological polar surface area (TPSA) is 75.4 Å². The molecule has 158 valence electrons. The monoisotopic (exact) mass is 429 g/mol. The van der Waals surface area contributed by atoms with Gasteiger partial charge in [0.15, 0.2) is 0 Å². The average Bonchev–Trinajstić information content (AvgIpc) is 2.97. The number of nitrogens with zero attached hydrogens (tertiary/aromatic N) is 2. The third-order valence-corrected chi connectivity index (χ3v) is 5.12. The lowest BCUT2D eigenvalue weighted by Crippen LogP contribution is -2.40. The van der Waals surface area contributed by atoms with Crippen LogP contribution in [0.4, 0.5) is 18.9 Å². The van der Waals surface area contributed by atoms with Gasteiger partial charge in [-0.1, -0.05) is 17.3 Å². The van der Waals surface area contributed by atoms with E-state index >= 15 is 0 Å². The molecule has 0 saturated carbocycles. The molecule has 0 aliphatic rings. The van der Waals surface area contributed by atoms with Crippen molar-refractivity contribution < 1.29 is 27.3 Å². The number of halogens is 3. The fraction of sp³-hybridized carbons (Fsp3) is 0.421. The fourth-order valence-electron chi connectivity index (χ4n) is 2.63. The van der Waals surface area contributed by atoms with Crippen LogP contribution in [-0.2, 0) is 21.9 Å². The maximum atomic E-state index is 12.7. The first kappa shape index (κ1) is 22.8. The minimum absolute atomic E-state index is 0.0761. The van der Waals surface area contributed by atoms with Crippen LogP contribution in [0.3, 0.4) is 0 Å². The number of carbonyl (C=O) groups is 2. The molecule has 1 aromatic carbocycles. The number of thioether (sulfide) groups is 1. The molecule has 2 rings (SSSR count). The molecule has 29 heavy (non-hydrogen) atoms. The van der Waals surface area contributed by atoms with Crippen LogP contribution in [0.25, 0.3) is 0 Å². The lowest BCUT2D eigenvalue weighted by atomic mass is 10.2. The van der Waals surface area contributed by atoms with Crippen molar-refractivity contribution in [2.75, 3.05) is 17.6 Å². The summed E-state index contributed by atoms with van der Waals surface area (Å²) in [4.78, 5) is 24.3. The minimum Gasteiger partial charge on any atom is -0.361 e. The Bertz CT molecular complexity index is 848. The number of amides is 2. The number of rotatable bonds is 8. The summed E-state index contributed by atoms with van der Waals surface area (Å²) in [5, 5.41) is 6.58. The Morgan fingerprint density at radius 2 is 2.00 bits per heavy atom. The minimum atomic E-state index is -4.92. The van der Waals surface area contributed by atoms with Crippen molar-refractivity contribution in [2.24, 2.45) is 0 Å². The SMILES string of the molecule is CCN(Cc1cccc(NC(=O)CSCc2c(C)noc2C)c1)C(=O)C(F)(F)F. The van der Waals surface area contributed by atoms with Gasteiger partial charge in [0.25, 0.3) is 0 Å². The van der Waals surface area contributed by atoms with E-state index in [0.717, 1.165) is 17.0 Å². The van der Waals surface area contributed by atoms with Gasteiger partial charge in [-0.15, -0.1) is 11.8 Å². The summed E-state index contributed by atoms with van der Waals surface area (Å²) in [6, 6.07) is 6.42. The van der Waals surface area contributed by atoms with Crippen LogP contribution in [-0.4, -0.2) is 40.3 Å². The zero-order valence-electron chi connectivity index (χ0n) is 16.3. The summed E-state index contributed by atoms with van der Waals surface area (Å²) in [5.74, 6) is -0.624. The Morgan fingerprint density at radius 1 is 1.28 bits per heavy atom. The number of nitrogens with one attached hydrogen (secondary N) is 1. The van der Waals surface area contributed by atoms with Crippen molar-refractivity contribution in [3.63, 3.8) is 0 Å². The summed E-state index contributed by atoms with van der Waals surface area (Å²) < 4.78 is 43.0. The molecular formula is C19H22F3N3O3S. The number of carbonyl (C=O) groups excluding carboxylic acids is 2. The highest BCUT2D eigenvalue weighted by Crippen LogP contribution is 2.22. The summed E-state index contributed by atoms with van der Waals surface area (Å²) >= 11 is 1.40. The van der Waals surface area contributed by atoms with E-state index in [0.29, 0.717) is 21.9 Å². The molecule has 0 aliphatic heterocycles. The third kappa shape index (κ3) is 6.52. The lowest BCUT2D eigenvalue weighted by molar-refractivity contribution is -0.185. The molecule has 0 bridgehead atoms. The van der Waals surface area contributed by atoms with Crippen LogP contribution in [0.2, 0.25) is 0 Å². The van der Waals surface area contributed by atoms with Crippen molar-refractivity contribution in [3.8, 4) is 0 Å². The molecule has 0 saturated heterocycles. The quantitative estimate of drug-likeness (QED) is 0.685. The summed E-state index contributed by atoms with van der Waals surface area (Å²) in [7, 11) is 0. The van der Waals surface area contributed by atoms with Crippen molar-refractivity contribution >= 4 is 29.3 Å². The molecule has 1 N–H and O–H groups in total. The van der Waals surface area contributed by atoms with Crippen LogP contribution in [0.15, 0.2) is 28.8 Å². The summed E-state index contributed by atoms with van der Waals surface area (Å²) in [6.45, 7) is 4.85. The summed E-state index contributed by atoms with van der Waals surface area (Å²) in [6.07, 6.45) is -4.92. The number of benzene rings is 1. The van der Waals surface area contributed by atoms with Crippen LogP contribution >= 0.6 is 11.8 Å². The van der Waals surface area contributed by atoms with Crippen molar-refractivity contribution in [3.05, 3.63) is 46.8 Å². The number of aryl methyl sites for hydroxylation is 2. The van der Waals surface area contributed by atoms with Crippen molar-refractivity contribution in [1.29, 1.82) is 0 Å². The molecule has 1 aromatic heterocycles. The molecule has 0 unspecified atom stereocenters. The maximum absolute atomic E-state index is 12.7. The molecule has 0 aliphatic carbocycles. The Kier molecular flexibility index (Phi) is 7.72. The number of anilines is 1. The Morgan fingerprint density at radius 3 is 2.59 bits per heavy atom. The van der Waals surface area contributed by atoms with Gasteiger partial charge in [0, 0.05) is 30.1 Å². The highest BCUT2D eigenvalue weighted by molar-refractivity contribution is 7.99. The molecule has 6 nitrogen and oxygen atoms in total. The van der Waals surface area contributed by atoms with E-state index in [4.69, 9.17) is 4.52 Å². The van der Waals surface area contributed by atoms with E-state index in [2.05, 4.69) is 10.5 Å². The van der Waals surface area contributed by atoms with E-state index in [1.807, 2.05) is 13.8 Å². The molecular weight excluding hydrogens is 407 g/mol. The first-order chi connectivity index (χ1) is 13.6. The number of aromatic nitrogens is 1. The zero-order valence-corrected chi connectivity index (χ0v) is 17.1. The van der Waals surface area contributed by atoms with E-state index in [1.165, 1.54) is 18.7 Å². The molecule has 10 heteroatoms. The number of hydrogen-bond acceptors (Lipinski definition) is 5. The first-order valence-corrected chi connectivity index (χ1v) is 10.0. The molecule has 0 atom stereocenters. The van der Waals surface area contributed by atoms with Gasteiger partial charge in [0.1, 0.15) is 5.76 Å². The third-order valence-electron chi connectivity index (χ3n) is 4.16. The standard InChI is InChI=1S/C19H22F3N3O3S/c1-4-25(18(27)19(20,21)22)9-14-6-5-7-15(8-14)23-17(26)11-29-10-16-12(2)24-28-13(16)3/h5-8H,4,9-11H2,1-3H3,(H,23,26). The van der Waals surface area contributed by atoms with E-state index in [-0.39, 0.29) is 24.7 Å². The highest BCUT2D eigenvalue weighted by Gasteiger charge is 2.41. The lowest BCUT2D eigenvalue weighted by Gasteiger charge is -2.22.